The minimum atomic E-state index is -4.95. The zero-order chi connectivity index (χ0) is 49.6. The lowest BCUT2D eigenvalue weighted by Gasteiger charge is -2.51. The molecular formula is C53H62F6N4O6. The van der Waals surface area contributed by atoms with Gasteiger partial charge in [0.2, 0.25) is 0 Å². The maximum absolute atomic E-state index is 15.3. The van der Waals surface area contributed by atoms with Crippen molar-refractivity contribution < 1.29 is 54.9 Å². The summed E-state index contributed by atoms with van der Waals surface area (Å²) < 4.78 is 115. The van der Waals surface area contributed by atoms with Crippen LogP contribution in [-0.4, -0.2) is 85.5 Å². The lowest BCUT2D eigenvalue weighted by atomic mass is 9.61. The second-order valence-electron chi connectivity index (χ2n) is 20.8. The first kappa shape index (κ1) is 49.9. The SMILES string of the molecule is COc1ccc(C(OC2CN(C(=O)NC(C)(C)C)C2)c2ccc(-c3ccc(C(OC4CN(C(=O)NC56CC(C)CC(CC(C)C5)C6)C4)c4ccc(OC)cc4)c(C(F)(F)F)c3)cc2C(F)(F)F)cc1. The molecule has 2 aliphatic heterocycles. The minimum absolute atomic E-state index is 0.0971. The fraction of sp³-hybridized carbons (Fsp3) is 0.509. The third-order valence-corrected chi connectivity index (χ3v) is 13.9. The minimum Gasteiger partial charge on any atom is -0.497 e. The molecule has 8 rings (SSSR count). The van der Waals surface area contributed by atoms with Crippen LogP contribution in [0.4, 0.5) is 35.9 Å². The number of likely N-dealkylation sites (tertiary alicyclic amines) is 2. The molecule has 4 atom stereocenters. The first-order chi connectivity index (χ1) is 32.5. The predicted octanol–water partition coefficient (Wildman–Crippen LogP) is 11.8. The number of ether oxygens (including phenoxy) is 4. The van der Waals surface area contributed by atoms with Crippen LogP contribution in [0, 0.1) is 17.8 Å². The molecule has 4 unspecified atom stereocenters. The number of urea groups is 2. The number of hydrogen-bond donors (Lipinski definition) is 2. The number of halogens is 6. The van der Waals surface area contributed by atoms with Gasteiger partial charge < -0.3 is 39.4 Å². The van der Waals surface area contributed by atoms with E-state index >= 15 is 26.3 Å². The summed E-state index contributed by atoms with van der Waals surface area (Å²) in [7, 11) is 2.93. The fourth-order valence-electron chi connectivity index (χ4n) is 11.0. The Morgan fingerprint density at radius 2 is 1.01 bits per heavy atom. The van der Waals surface area contributed by atoms with Gasteiger partial charge in [-0.1, -0.05) is 62.4 Å². The smallest absolute Gasteiger partial charge is 0.416 e. The van der Waals surface area contributed by atoms with Crippen molar-refractivity contribution in [2.24, 2.45) is 17.8 Å². The van der Waals surface area contributed by atoms with E-state index in [9.17, 15) is 9.59 Å². The van der Waals surface area contributed by atoms with E-state index in [1.54, 1.807) is 53.4 Å². The van der Waals surface area contributed by atoms with Crippen molar-refractivity contribution in [1.82, 2.24) is 20.4 Å². The van der Waals surface area contributed by atoms with Crippen LogP contribution < -0.4 is 20.1 Å². The average molecular weight is 965 g/mol. The van der Waals surface area contributed by atoms with Crippen molar-refractivity contribution in [1.29, 1.82) is 0 Å². The summed E-state index contributed by atoms with van der Waals surface area (Å²) in [5.41, 5.74) is -2.86. The molecule has 4 aromatic carbocycles. The standard InChI is InChI=1S/C53H62F6N4O6/c1-31-20-33-21-32(2)25-51(24-31,26-33)61-49(65)63-29-41(30-63)69-47(35-10-16-39(67-7)17-11-35)43-19-13-37(23-45(43)53(57,58)59)36-12-18-42(44(22-36)52(54,55)56)46(34-8-14-38(66-6)15-9-34)68-40-27-62(28-40)48(64)60-50(3,4)5/h8-19,22-23,31-33,40-41,46-47H,20-21,24-30H2,1-7H3,(H,60,64)(H,61,65). The highest BCUT2D eigenvalue weighted by atomic mass is 19.4. The number of methoxy groups -OCH3 is 2. The van der Waals surface area contributed by atoms with Crippen molar-refractivity contribution in [3.8, 4) is 22.6 Å². The quantitative estimate of drug-likeness (QED) is 0.137. The highest BCUT2D eigenvalue weighted by Crippen LogP contribution is 2.48. The van der Waals surface area contributed by atoms with Crippen LogP contribution in [0.2, 0.25) is 0 Å². The topological polar surface area (TPSA) is 102 Å². The van der Waals surface area contributed by atoms with Crippen molar-refractivity contribution in [3.63, 3.8) is 0 Å². The molecule has 4 amide bonds. The average Bonchev–Trinajstić information content (AvgIpc) is 3.23. The number of amides is 4. The molecule has 10 nitrogen and oxygen atoms in total. The number of fused-ring (bicyclic) bond motifs is 2. The lowest BCUT2D eigenvalue weighted by molar-refractivity contribution is -0.141. The Morgan fingerprint density at radius 3 is 1.39 bits per heavy atom. The van der Waals surface area contributed by atoms with Gasteiger partial charge in [0, 0.05) is 11.1 Å². The number of nitrogens with one attached hydrogen (secondary N) is 2. The molecule has 16 heteroatoms. The molecule has 4 fully saturated rings. The molecule has 69 heavy (non-hydrogen) atoms. The van der Waals surface area contributed by atoms with Gasteiger partial charge in [-0.05, 0) is 140 Å². The highest BCUT2D eigenvalue weighted by molar-refractivity contribution is 5.76. The van der Waals surface area contributed by atoms with Crippen LogP contribution in [0.15, 0.2) is 84.9 Å². The van der Waals surface area contributed by atoms with E-state index in [2.05, 4.69) is 24.5 Å². The van der Waals surface area contributed by atoms with Gasteiger partial charge in [0.15, 0.2) is 0 Å². The highest BCUT2D eigenvalue weighted by Gasteiger charge is 2.47. The van der Waals surface area contributed by atoms with Crippen LogP contribution in [-0.2, 0) is 21.8 Å². The molecule has 2 bridgehead atoms. The van der Waals surface area contributed by atoms with Gasteiger partial charge in [-0.3, -0.25) is 0 Å². The number of alkyl halides is 6. The molecule has 2 aliphatic carbocycles. The maximum atomic E-state index is 15.3. The largest absolute Gasteiger partial charge is 0.497 e. The Labute approximate surface area is 400 Å². The Morgan fingerprint density at radius 1 is 0.609 bits per heavy atom. The van der Waals surface area contributed by atoms with E-state index in [1.807, 2.05) is 20.8 Å². The van der Waals surface area contributed by atoms with Gasteiger partial charge in [-0.25, -0.2) is 9.59 Å². The Hall–Kier alpha value is -5.48. The van der Waals surface area contributed by atoms with E-state index in [4.69, 9.17) is 18.9 Å². The van der Waals surface area contributed by atoms with Crippen molar-refractivity contribution >= 4 is 12.1 Å². The zero-order valence-corrected chi connectivity index (χ0v) is 40.1. The zero-order valence-electron chi connectivity index (χ0n) is 40.1. The monoisotopic (exact) mass is 964 g/mol. The number of benzene rings is 4. The summed E-state index contributed by atoms with van der Waals surface area (Å²) >= 11 is 0. The molecule has 0 radical (unpaired) electrons. The first-order valence-corrected chi connectivity index (χ1v) is 23.7. The van der Waals surface area contributed by atoms with Gasteiger partial charge in [-0.2, -0.15) is 26.3 Å². The molecule has 4 aromatic rings. The molecule has 2 heterocycles. The molecular weight excluding hydrogens is 903 g/mol. The van der Waals surface area contributed by atoms with Crippen LogP contribution in [0.5, 0.6) is 11.5 Å². The molecule has 0 spiro atoms. The van der Waals surface area contributed by atoms with Crippen LogP contribution >= 0.6 is 0 Å². The fourth-order valence-corrected chi connectivity index (χ4v) is 11.0. The second-order valence-corrected chi connectivity index (χ2v) is 20.8. The molecule has 2 N–H and O–H groups in total. The number of hydrogen-bond acceptors (Lipinski definition) is 6. The molecule has 372 valence electrons. The first-order valence-electron chi connectivity index (χ1n) is 23.7. The Bertz CT molecular complexity index is 2440. The predicted molar refractivity (Wildman–Crippen MR) is 249 cm³/mol. The maximum Gasteiger partial charge on any atom is 0.416 e. The third kappa shape index (κ3) is 11.4. The van der Waals surface area contributed by atoms with Gasteiger partial charge >= 0.3 is 24.4 Å². The molecule has 2 saturated heterocycles. The summed E-state index contributed by atoms with van der Waals surface area (Å²) in [6, 6.07) is 19.2. The van der Waals surface area contributed by atoms with Crippen molar-refractivity contribution in [3.05, 3.63) is 118 Å². The molecule has 2 saturated carbocycles. The summed E-state index contributed by atoms with van der Waals surface area (Å²) in [5.74, 6) is 2.50. The van der Waals surface area contributed by atoms with Gasteiger partial charge in [0.05, 0.1) is 63.7 Å². The Balaban J connectivity index is 1.07. The molecule has 4 aliphatic rings. The van der Waals surface area contributed by atoms with Crippen molar-refractivity contribution in [2.75, 3.05) is 40.4 Å². The van der Waals surface area contributed by atoms with Gasteiger partial charge in [0.1, 0.15) is 23.7 Å². The summed E-state index contributed by atoms with van der Waals surface area (Å²) in [5, 5.41) is 6.23. The number of carbonyl (C=O) groups excluding carboxylic acids is 2. The van der Waals surface area contributed by atoms with E-state index in [0.29, 0.717) is 40.4 Å². The van der Waals surface area contributed by atoms with E-state index < -0.39 is 53.4 Å². The van der Waals surface area contributed by atoms with Gasteiger partial charge in [-0.15, -0.1) is 0 Å². The normalized spacial score (nSPS) is 23.1. The third-order valence-electron chi connectivity index (χ3n) is 13.9. The van der Waals surface area contributed by atoms with E-state index in [0.717, 1.165) is 44.2 Å². The van der Waals surface area contributed by atoms with Crippen molar-refractivity contribution in [2.45, 2.75) is 115 Å². The lowest BCUT2D eigenvalue weighted by Crippen LogP contribution is -2.64. The summed E-state index contributed by atoms with van der Waals surface area (Å²) in [6.07, 6.45) is -8.57. The van der Waals surface area contributed by atoms with E-state index in [1.165, 1.54) is 43.4 Å². The van der Waals surface area contributed by atoms with E-state index in [-0.39, 0.29) is 66.0 Å². The van der Waals surface area contributed by atoms with Crippen LogP contribution in [0.25, 0.3) is 11.1 Å². The van der Waals surface area contributed by atoms with Crippen LogP contribution in [0.1, 0.15) is 112 Å². The Kier molecular flexibility index (Phi) is 14.0. The van der Waals surface area contributed by atoms with Gasteiger partial charge in [0.25, 0.3) is 0 Å². The number of carbonyl (C=O) groups is 2. The summed E-state index contributed by atoms with van der Waals surface area (Å²) in [4.78, 5) is 29.6. The molecule has 0 aromatic heterocycles. The number of rotatable bonds is 12. The number of nitrogens with zero attached hydrogens (tertiary/aromatic N) is 2. The van der Waals surface area contributed by atoms with Crippen LogP contribution in [0.3, 0.4) is 0 Å². The second kappa shape index (κ2) is 19.4. The summed E-state index contributed by atoms with van der Waals surface area (Å²) in [6.45, 7) is 10.6.